The maximum absolute atomic E-state index is 12.4. The second-order valence-electron chi connectivity index (χ2n) is 3.91. The zero-order chi connectivity index (χ0) is 12.3. The topological polar surface area (TPSA) is 17.0 Å². The molecule has 4 heteroatoms. The van der Waals surface area contributed by atoms with Crippen LogP contribution in [0.25, 0.3) is 5.69 Å². The lowest BCUT2D eigenvalue weighted by atomic mass is 10.2. The molecule has 0 radical (unpaired) electrons. The van der Waals surface area contributed by atoms with Crippen LogP contribution in [0.5, 0.6) is 0 Å². The highest BCUT2D eigenvalue weighted by Crippen LogP contribution is 2.17. The molecule has 2 rings (SSSR count). The Hall–Kier alpha value is -1.84. The van der Waals surface area contributed by atoms with Crippen LogP contribution < -0.4 is 5.32 Å². The maximum atomic E-state index is 12.4. The van der Waals surface area contributed by atoms with Gasteiger partial charge in [0.05, 0.1) is 6.04 Å². The Morgan fingerprint density at radius 2 is 1.82 bits per heavy atom. The van der Waals surface area contributed by atoms with E-state index in [1.54, 1.807) is 6.07 Å². The van der Waals surface area contributed by atoms with Gasteiger partial charge in [0, 0.05) is 23.8 Å². The molecule has 0 saturated carbocycles. The third-order valence-corrected chi connectivity index (χ3v) is 2.52. The van der Waals surface area contributed by atoms with Crippen molar-refractivity contribution >= 4 is 5.69 Å². The molecular weight excluding hydrogens is 222 g/mol. The molecule has 1 unspecified atom stereocenters. The largest absolute Gasteiger partial charge is 0.377 e. The summed E-state index contributed by atoms with van der Waals surface area (Å²) in [5, 5.41) is 2.78. The van der Waals surface area contributed by atoms with Gasteiger partial charge in [0.1, 0.15) is 0 Å². The summed E-state index contributed by atoms with van der Waals surface area (Å²) in [4.78, 5) is 0. The fourth-order valence-electron chi connectivity index (χ4n) is 1.59. The van der Waals surface area contributed by atoms with Gasteiger partial charge in [-0.3, -0.25) is 0 Å². The number of alkyl halides is 2. The number of nitrogens with one attached hydrogen (secondary N) is 1. The third-order valence-electron chi connectivity index (χ3n) is 2.52. The molecule has 1 heterocycles. The van der Waals surface area contributed by atoms with Gasteiger partial charge in [-0.2, -0.15) is 0 Å². The Bertz CT molecular complexity index is 466. The van der Waals surface area contributed by atoms with Crippen LogP contribution >= 0.6 is 0 Å². The number of nitrogens with zero attached hydrogens (tertiary/aromatic N) is 1. The number of anilines is 1. The molecule has 0 aliphatic rings. The van der Waals surface area contributed by atoms with Crippen LogP contribution in [0.2, 0.25) is 0 Å². The minimum atomic E-state index is -2.37. The van der Waals surface area contributed by atoms with Gasteiger partial charge in [0.15, 0.2) is 0 Å². The van der Waals surface area contributed by atoms with Gasteiger partial charge in [-0.05, 0) is 37.3 Å². The molecule has 2 aromatic rings. The van der Waals surface area contributed by atoms with E-state index in [1.165, 1.54) is 6.92 Å². The molecule has 0 aliphatic carbocycles. The number of benzene rings is 1. The van der Waals surface area contributed by atoms with Crippen molar-refractivity contribution in [1.82, 2.24) is 4.57 Å². The first-order chi connectivity index (χ1) is 8.16. The minimum absolute atomic E-state index is 0.698. The van der Waals surface area contributed by atoms with E-state index in [0.717, 1.165) is 5.69 Å². The van der Waals surface area contributed by atoms with Gasteiger partial charge >= 0.3 is 0 Å². The van der Waals surface area contributed by atoms with Crippen molar-refractivity contribution in [2.45, 2.75) is 19.4 Å². The molecule has 90 valence electrons. The zero-order valence-electron chi connectivity index (χ0n) is 9.48. The highest BCUT2D eigenvalue weighted by molar-refractivity contribution is 5.51. The number of hydrogen-bond donors (Lipinski definition) is 1. The fourth-order valence-corrected chi connectivity index (χ4v) is 1.59. The first-order valence-corrected chi connectivity index (χ1v) is 5.45. The van der Waals surface area contributed by atoms with Crippen LogP contribution in [0.3, 0.4) is 0 Å². The number of aromatic nitrogens is 1. The molecule has 0 spiro atoms. The Labute approximate surface area is 98.9 Å². The molecule has 0 saturated heterocycles. The molecular formula is C13H14F2N2. The predicted octanol–water partition coefficient (Wildman–Crippen LogP) is 3.54. The Balaban J connectivity index is 2.18. The lowest BCUT2D eigenvalue weighted by Crippen LogP contribution is -2.23. The van der Waals surface area contributed by atoms with Crippen molar-refractivity contribution in [2.75, 3.05) is 5.32 Å². The van der Waals surface area contributed by atoms with Gasteiger partial charge in [-0.1, -0.05) is 6.07 Å². The van der Waals surface area contributed by atoms with Gasteiger partial charge in [0.25, 0.3) is 6.43 Å². The van der Waals surface area contributed by atoms with Crippen LogP contribution in [0, 0.1) is 0 Å². The van der Waals surface area contributed by atoms with Crippen LogP contribution in [-0.4, -0.2) is 17.0 Å². The minimum Gasteiger partial charge on any atom is -0.377 e. The van der Waals surface area contributed by atoms with Crippen molar-refractivity contribution in [3.8, 4) is 5.69 Å². The van der Waals surface area contributed by atoms with Crippen molar-refractivity contribution in [2.24, 2.45) is 0 Å². The highest BCUT2D eigenvalue weighted by atomic mass is 19.3. The van der Waals surface area contributed by atoms with E-state index in [0.29, 0.717) is 5.69 Å². The van der Waals surface area contributed by atoms with E-state index in [1.807, 2.05) is 47.3 Å². The van der Waals surface area contributed by atoms with Crippen molar-refractivity contribution in [1.29, 1.82) is 0 Å². The van der Waals surface area contributed by atoms with Crippen molar-refractivity contribution in [3.63, 3.8) is 0 Å². The summed E-state index contributed by atoms with van der Waals surface area (Å²) in [6.07, 6.45) is 1.45. The summed E-state index contributed by atoms with van der Waals surface area (Å²) in [5.41, 5.74) is 1.64. The molecule has 2 nitrogen and oxygen atoms in total. The summed E-state index contributed by atoms with van der Waals surface area (Å²) < 4.78 is 26.8. The van der Waals surface area contributed by atoms with Gasteiger partial charge in [-0.15, -0.1) is 0 Å². The van der Waals surface area contributed by atoms with Gasteiger partial charge in [-0.25, -0.2) is 8.78 Å². The molecule has 1 aromatic carbocycles. The summed E-state index contributed by atoms with van der Waals surface area (Å²) in [7, 11) is 0. The highest BCUT2D eigenvalue weighted by Gasteiger charge is 2.13. The Morgan fingerprint density at radius 1 is 1.12 bits per heavy atom. The molecule has 1 aromatic heterocycles. The molecule has 17 heavy (non-hydrogen) atoms. The van der Waals surface area contributed by atoms with E-state index in [2.05, 4.69) is 5.32 Å². The second-order valence-corrected chi connectivity index (χ2v) is 3.91. The normalized spacial score (nSPS) is 12.7. The summed E-state index contributed by atoms with van der Waals surface area (Å²) in [5.74, 6) is 0. The first kappa shape index (κ1) is 11.6. The van der Waals surface area contributed by atoms with E-state index in [-0.39, 0.29) is 0 Å². The molecule has 0 fully saturated rings. The smallest absolute Gasteiger partial charge is 0.258 e. The van der Waals surface area contributed by atoms with Crippen LogP contribution in [0.1, 0.15) is 6.92 Å². The van der Waals surface area contributed by atoms with E-state index in [9.17, 15) is 8.78 Å². The van der Waals surface area contributed by atoms with Crippen LogP contribution in [0.4, 0.5) is 14.5 Å². The number of halogens is 2. The van der Waals surface area contributed by atoms with E-state index < -0.39 is 12.5 Å². The number of rotatable bonds is 4. The van der Waals surface area contributed by atoms with E-state index in [4.69, 9.17) is 0 Å². The summed E-state index contributed by atoms with van der Waals surface area (Å²) in [6.45, 7) is 1.47. The SMILES string of the molecule is CC(Nc1cccc(-n2cccc2)c1)C(F)F. The predicted molar refractivity (Wildman–Crippen MR) is 64.9 cm³/mol. The maximum Gasteiger partial charge on any atom is 0.258 e. The Morgan fingerprint density at radius 3 is 2.47 bits per heavy atom. The summed E-state index contributed by atoms with van der Waals surface area (Å²) >= 11 is 0. The lowest BCUT2D eigenvalue weighted by molar-refractivity contribution is 0.131. The average Bonchev–Trinajstić information content (AvgIpc) is 2.82. The van der Waals surface area contributed by atoms with E-state index >= 15 is 0 Å². The molecule has 0 amide bonds. The zero-order valence-corrected chi connectivity index (χ0v) is 9.48. The quantitative estimate of drug-likeness (QED) is 0.859. The van der Waals surface area contributed by atoms with Crippen LogP contribution in [0.15, 0.2) is 48.8 Å². The van der Waals surface area contributed by atoms with Crippen molar-refractivity contribution in [3.05, 3.63) is 48.8 Å². The lowest BCUT2D eigenvalue weighted by Gasteiger charge is -2.15. The standard InChI is InChI=1S/C13H14F2N2/c1-10(13(14)15)16-11-5-4-6-12(9-11)17-7-2-3-8-17/h2-10,13,16H,1H3. The monoisotopic (exact) mass is 236 g/mol. The average molecular weight is 236 g/mol. The summed E-state index contributed by atoms with van der Waals surface area (Å²) in [6, 6.07) is 10.4. The van der Waals surface area contributed by atoms with Gasteiger partial charge < -0.3 is 9.88 Å². The molecule has 0 bridgehead atoms. The Kier molecular flexibility index (Phi) is 3.42. The molecule has 0 aliphatic heterocycles. The number of hydrogen-bond acceptors (Lipinski definition) is 1. The third kappa shape index (κ3) is 2.84. The molecule has 1 atom stereocenters. The first-order valence-electron chi connectivity index (χ1n) is 5.45. The molecule has 1 N–H and O–H groups in total. The van der Waals surface area contributed by atoms with Crippen LogP contribution in [-0.2, 0) is 0 Å². The fraction of sp³-hybridized carbons (Fsp3) is 0.231. The van der Waals surface area contributed by atoms with Gasteiger partial charge in [0.2, 0.25) is 0 Å². The second kappa shape index (κ2) is 4.99. The van der Waals surface area contributed by atoms with Crippen molar-refractivity contribution < 1.29 is 8.78 Å².